The van der Waals surface area contributed by atoms with Gasteiger partial charge in [-0.25, -0.2) is 9.59 Å². The number of hydrogen-bond acceptors (Lipinski definition) is 6. The van der Waals surface area contributed by atoms with Gasteiger partial charge in [0.25, 0.3) is 11.8 Å². The van der Waals surface area contributed by atoms with Crippen molar-refractivity contribution < 1.29 is 38.9 Å². The number of amides is 2. The number of carbonyl (C=O) groups is 4. The van der Waals surface area contributed by atoms with Gasteiger partial charge in [-0.05, 0) is 44.2 Å². The summed E-state index contributed by atoms with van der Waals surface area (Å²) >= 11 is 0. The number of carbonyl (C=O) groups excluding carboxylic acids is 2. The lowest BCUT2D eigenvalue weighted by molar-refractivity contribution is -0.149. The molecule has 0 aliphatic carbocycles. The monoisotopic (exact) mass is 434 g/mol. The third-order valence-electron chi connectivity index (χ3n) is 5.58. The molecule has 1 aromatic rings. The fourth-order valence-corrected chi connectivity index (χ4v) is 4.01. The molecule has 10 nitrogen and oxygen atoms in total. The Morgan fingerprint density at radius 2 is 1.42 bits per heavy atom. The molecule has 2 aliphatic heterocycles. The predicted molar refractivity (Wildman–Crippen MR) is 107 cm³/mol. The number of carboxylic acids is 2. The summed E-state index contributed by atoms with van der Waals surface area (Å²) in [5.41, 5.74) is 0.679. The Labute approximate surface area is 179 Å². The van der Waals surface area contributed by atoms with E-state index in [4.69, 9.17) is 9.47 Å². The molecule has 2 fully saturated rings. The van der Waals surface area contributed by atoms with E-state index in [1.54, 1.807) is 25.1 Å². The lowest BCUT2D eigenvalue weighted by Crippen LogP contribution is -2.43. The molecule has 2 amide bonds. The molecule has 2 aliphatic rings. The lowest BCUT2D eigenvalue weighted by Gasteiger charge is -2.23. The number of aliphatic carboxylic acids is 2. The first kappa shape index (κ1) is 22.4. The van der Waals surface area contributed by atoms with Crippen LogP contribution in [-0.4, -0.2) is 82.2 Å². The highest BCUT2D eigenvalue weighted by Gasteiger charge is 2.35. The van der Waals surface area contributed by atoms with Crippen LogP contribution < -0.4 is 9.47 Å². The Bertz CT molecular complexity index is 871. The number of para-hydroxylation sites is 1. The van der Waals surface area contributed by atoms with Gasteiger partial charge in [0.2, 0.25) is 0 Å². The van der Waals surface area contributed by atoms with E-state index in [1.165, 1.54) is 9.80 Å². The second kappa shape index (κ2) is 9.67. The average Bonchev–Trinajstić information content (AvgIpc) is 3.40. The Balaban J connectivity index is 1.62. The topological polar surface area (TPSA) is 134 Å². The molecule has 0 aromatic heterocycles. The summed E-state index contributed by atoms with van der Waals surface area (Å²) in [5, 5.41) is 18.5. The van der Waals surface area contributed by atoms with Crippen molar-refractivity contribution in [1.29, 1.82) is 0 Å². The first-order valence-electron chi connectivity index (χ1n) is 10.2. The zero-order chi connectivity index (χ0) is 22.5. The Kier molecular flexibility index (Phi) is 6.98. The number of nitrogens with zero attached hydrogens (tertiary/aromatic N) is 2. The minimum atomic E-state index is -1.04. The third kappa shape index (κ3) is 5.07. The van der Waals surface area contributed by atoms with Crippen molar-refractivity contribution in [1.82, 2.24) is 9.80 Å². The van der Waals surface area contributed by atoms with Crippen LogP contribution >= 0.6 is 0 Å². The summed E-state index contributed by atoms with van der Waals surface area (Å²) in [6, 6.07) is 3.37. The molecule has 10 heteroatoms. The summed E-state index contributed by atoms with van der Waals surface area (Å²) in [5.74, 6) is -2.41. The molecule has 2 unspecified atom stereocenters. The van der Waals surface area contributed by atoms with E-state index in [0.717, 1.165) is 0 Å². The summed E-state index contributed by atoms with van der Waals surface area (Å²) in [4.78, 5) is 50.1. The summed E-state index contributed by atoms with van der Waals surface area (Å²) in [6.07, 6.45) is 2.07. The molecule has 168 valence electrons. The zero-order valence-corrected chi connectivity index (χ0v) is 17.3. The number of carboxylic acid groups (broad SMARTS) is 2. The largest absolute Gasteiger partial charge is 0.480 e. The second-order valence-corrected chi connectivity index (χ2v) is 7.65. The van der Waals surface area contributed by atoms with Crippen LogP contribution in [0.5, 0.6) is 11.5 Å². The van der Waals surface area contributed by atoms with Gasteiger partial charge in [0.1, 0.15) is 12.1 Å². The first-order chi connectivity index (χ1) is 14.8. The van der Waals surface area contributed by atoms with Crippen LogP contribution in [0, 0.1) is 6.92 Å². The number of aryl methyl sites for hydroxylation is 1. The van der Waals surface area contributed by atoms with Crippen molar-refractivity contribution in [3.8, 4) is 11.5 Å². The number of likely N-dealkylation sites (tertiary alicyclic amines) is 2. The van der Waals surface area contributed by atoms with Gasteiger partial charge in [0.15, 0.2) is 24.7 Å². The third-order valence-corrected chi connectivity index (χ3v) is 5.58. The van der Waals surface area contributed by atoms with Crippen molar-refractivity contribution in [2.45, 2.75) is 44.7 Å². The molecule has 31 heavy (non-hydrogen) atoms. The van der Waals surface area contributed by atoms with Crippen molar-refractivity contribution in [3.63, 3.8) is 0 Å². The van der Waals surface area contributed by atoms with Crippen LogP contribution in [0.2, 0.25) is 0 Å². The minimum absolute atomic E-state index is 0.253. The molecule has 3 rings (SSSR count). The summed E-state index contributed by atoms with van der Waals surface area (Å²) < 4.78 is 11.3. The van der Waals surface area contributed by atoms with E-state index in [1.807, 2.05) is 0 Å². The fraction of sp³-hybridized carbons (Fsp3) is 0.524. The van der Waals surface area contributed by atoms with Gasteiger partial charge in [-0.2, -0.15) is 0 Å². The molecule has 2 saturated heterocycles. The zero-order valence-electron chi connectivity index (χ0n) is 17.3. The molecule has 0 spiro atoms. The highest BCUT2D eigenvalue weighted by atomic mass is 16.5. The van der Waals surface area contributed by atoms with Gasteiger partial charge in [0, 0.05) is 13.1 Å². The van der Waals surface area contributed by atoms with Crippen LogP contribution in [0.15, 0.2) is 18.2 Å². The first-order valence-corrected chi connectivity index (χ1v) is 10.2. The molecule has 0 bridgehead atoms. The Hall–Kier alpha value is -3.30. The molecular weight excluding hydrogens is 408 g/mol. The van der Waals surface area contributed by atoms with E-state index in [0.29, 0.717) is 44.3 Å². The van der Waals surface area contributed by atoms with Gasteiger partial charge < -0.3 is 29.5 Å². The fourth-order valence-electron chi connectivity index (χ4n) is 4.01. The number of rotatable bonds is 8. The van der Waals surface area contributed by atoms with Crippen LogP contribution in [-0.2, 0) is 19.2 Å². The number of hydrogen-bond donors (Lipinski definition) is 2. The number of benzene rings is 1. The average molecular weight is 434 g/mol. The maximum Gasteiger partial charge on any atom is 0.326 e. The molecule has 0 saturated carbocycles. The summed E-state index contributed by atoms with van der Waals surface area (Å²) in [6.45, 7) is 1.78. The van der Waals surface area contributed by atoms with Crippen LogP contribution in [0.1, 0.15) is 31.2 Å². The molecule has 1 aromatic carbocycles. The van der Waals surface area contributed by atoms with E-state index in [-0.39, 0.29) is 24.7 Å². The number of ether oxygens (including phenoxy) is 2. The van der Waals surface area contributed by atoms with Crippen molar-refractivity contribution in [2.24, 2.45) is 0 Å². The van der Waals surface area contributed by atoms with Crippen LogP contribution in [0.4, 0.5) is 0 Å². The molecule has 2 N–H and O–H groups in total. The minimum Gasteiger partial charge on any atom is -0.480 e. The van der Waals surface area contributed by atoms with Gasteiger partial charge in [0.05, 0.1) is 0 Å². The highest BCUT2D eigenvalue weighted by molar-refractivity contribution is 5.86. The summed E-state index contributed by atoms with van der Waals surface area (Å²) in [7, 11) is 0. The van der Waals surface area contributed by atoms with Gasteiger partial charge in [-0.1, -0.05) is 12.1 Å². The van der Waals surface area contributed by atoms with Gasteiger partial charge in [-0.15, -0.1) is 0 Å². The van der Waals surface area contributed by atoms with E-state index in [2.05, 4.69) is 0 Å². The van der Waals surface area contributed by atoms with E-state index >= 15 is 0 Å². The van der Waals surface area contributed by atoms with Gasteiger partial charge in [-0.3, -0.25) is 9.59 Å². The normalized spacial score (nSPS) is 20.5. The van der Waals surface area contributed by atoms with E-state index in [9.17, 15) is 29.4 Å². The maximum atomic E-state index is 12.5. The molecule has 0 radical (unpaired) electrons. The van der Waals surface area contributed by atoms with Crippen LogP contribution in [0.25, 0.3) is 0 Å². The molecular formula is C21H26N2O8. The predicted octanol–water partition coefficient (Wildman–Crippen LogP) is 0.904. The van der Waals surface area contributed by atoms with Crippen molar-refractivity contribution in [3.05, 3.63) is 23.8 Å². The standard InChI is InChI=1S/C21H26N2O8/c1-13-5-2-8-16(30-11-17(24)22-9-3-6-14(22)20(26)27)19(13)31-12-18(25)23-10-4-7-15(23)21(28)29/h2,5,8,14-15H,3-4,6-7,9-12H2,1H3,(H,26,27)(H,28,29). The van der Waals surface area contributed by atoms with Crippen molar-refractivity contribution in [2.75, 3.05) is 26.3 Å². The highest BCUT2D eigenvalue weighted by Crippen LogP contribution is 2.31. The van der Waals surface area contributed by atoms with E-state index < -0.39 is 35.8 Å². The van der Waals surface area contributed by atoms with Crippen LogP contribution in [0.3, 0.4) is 0 Å². The smallest absolute Gasteiger partial charge is 0.326 e. The van der Waals surface area contributed by atoms with Crippen molar-refractivity contribution >= 4 is 23.8 Å². The quantitative estimate of drug-likeness (QED) is 0.617. The lowest BCUT2D eigenvalue weighted by atomic mass is 10.2. The molecule has 2 heterocycles. The molecule has 2 atom stereocenters. The Morgan fingerprint density at radius 3 is 1.94 bits per heavy atom. The Morgan fingerprint density at radius 1 is 0.903 bits per heavy atom. The second-order valence-electron chi connectivity index (χ2n) is 7.65. The SMILES string of the molecule is Cc1cccc(OCC(=O)N2CCCC2C(=O)O)c1OCC(=O)N1CCCC1C(=O)O. The van der Waals surface area contributed by atoms with Gasteiger partial charge >= 0.3 is 11.9 Å². The maximum absolute atomic E-state index is 12.5.